The first-order chi connectivity index (χ1) is 11.5. The third-order valence-electron chi connectivity index (χ3n) is 3.50. The molecule has 24 heavy (non-hydrogen) atoms. The summed E-state index contributed by atoms with van der Waals surface area (Å²) < 4.78 is 32.4. The van der Waals surface area contributed by atoms with Crippen LogP contribution in [0.2, 0.25) is 0 Å². The third kappa shape index (κ3) is 3.46. The lowest BCUT2D eigenvalue weighted by Crippen LogP contribution is -2.12. The van der Waals surface area contributed by atoms with Gasteiger partial charge in [0, 0.05) is 17.7 Å². The molecule has 3 aromatic rings. The topological polar surface area (TPSA) is 85.1 Å². The van der Waals surface area contributed by atoms with Crippen LogP contribution in [0.25, 0.3) is 11.5 Å². The predicted molar refractivity (Wildman–Crippen MR) is 91.1 cm³/mol. The van der Waals surface area contributed by atoms with Gasteiger partial charge in [0.2, 0.25) is 0 Å². The quantitative estimate of drug-likeness (QED) is 0.767. The summed E-state index contributed by atoms with van der Waals surface area (Å²) in [4.78, 5) is 4.47. The Kier molecular flexibility index (Phi) is 4.35. The van der Waals surface area contributed by atoms with Gasteiger partial charge in [-0.25, -0.2) is 8.42 Å². The van der Waals surface area contributed by atoms with E-state index >= 15 is 0 Å². The Morgan fingerprint density at radius 2 is 1.71 bits per heavy atom. The van der Waals surface area contributed by atoms with E-state index in [9.17, 15) is 8.42 Å². The average Bonchev–Trinajstić information content (AvgIpc) is 3.05. The molecular weight excluding hydrogens is 326 g/mol. The number of aryl methyl sites for hydroxylation is 2. The number of sulfonamides is 1. The Hall–Kier alpha value is -2.67. The molecule has 0 bridgehead atoms. The van der Waals surface area contributed by atoms with Crippen molar-refractivity contribution in [1.29, 1.82) is 0 Å². The third-order valence-corrected chi connectivity index (χ3v) is 4.90. The second-order valence-corrected chi connectivity index (χ2v) is 7.05. The Morgan fingerprint density at radius 3 is 2.29 bits per heavy atom. The molecule has 1 heterocycles. The van der Waals surface area contributed by atoms with Gasteiger partial charge in [-0.1, -0.05) is 29.8 Å². The van der Waals surface area contributed by atoms with Crippen LogP contribution in [-0.2, 0) is 16.4 Å². The van der Waals surface area contributed by atoms with E-state index < -0.39 is 10.0 Å². The van der Waals surface area contributed by atoms with Crippen molar-refractivity contribution < 1.29 is 12.9 Å². The zero-order valence-corrected chi connectivity index (χ0v) is 14.2. The first-order valence-corrected chi connectivity index (χ1v) is 8.99. The van der Waals surface area contributed by atoms with Crippen LogP contribution in [0.5, 0.6) is 0 Å². The Balaban J connectivity index is 1.79. The lowest BCUT2D eigenvalue weighted by atomic mass is 10.2. The summed E-state index contributed by atoms with van der Waals surface area (Å²) in [5.74, 6) is 1.05. The minimum atomic E-state index is -3.61. The van der Waals surface area contributed by atoms with Crippen LogP contribution >= 0.6 is 0 Å². The smallest absolute Gasteiger partial charge is 0.261 e. The van der Waals surface area contributed by atoms with Crippen molar-refractivity contribution in [2.45, 2.75) is 25.2 Å². The van der Waals surface area contributed by atoms with E-state index in [1.165, 1.54) is 0 Å². The standard InChI is InChI=1S/C17H17N3O3S/c1-3-16-18-17(23-19-16)13-6-8-14(9-7-13)20-24(21,22)15-10-4-12(2)5-11-15/h4-11,20H,3H2,1-2H3. The van der Waals surface area contributed by atoms with Crippen LogP contribution in [0.15, 0.2) is 57.9 Å². The van der Waals surface area contributed by atoms with Crippen molar-refractivity contribution in [3.63, 3.8) is 0 Å². The van der Waals surface area contributed by atoms with Crippen LogP contribution in [0.4, 0.5) is 5.69 Å². The zero-order chi connectivity index (χ0) is 17.2. The summed E-state index contributed by atoms with van der Waals surface area (Å²) >= 11 is 0. The van der Waals surface area contributed by atoms with Crippen LogP contribution in [-0.4, -0.2) is 18.6 Å². The SMILES string of the molecule is CCc1noc(-c2ccc(NS(=O)(=O)c3ccc(C)cc3)cc2)n1. The largest absolute Gasteiger partial charge is 0.334 e. The van der Waals surface area contributed by atoms with Crippen LogP contribution in [0.3, 0.4) is 0 Å². The van der Waals surface area contributed by atoms with Gasteiger partial charge in [0.15, 0.2) is 5.82 Å². The van der Waals surface area contributed by atoms with Gasteiger partial charge < -0.3 is 4.52 Å². The molecule has 0 radical (unpaired) electrons. The summed E-state index contributed by atoms with van der Waals surface area (Å²) in [6.07, 6.45) is 0.692. The highest BCUT2D eigenvalue weighted by molar-refractivity contribution is 7.92. The lowest BCUT2D eigenvalue weighted by Gasteiger charge is -2.08. The van der Waals surface area contributed by atoms with Crippen LogP contribution in [0.1, 0.15) is 18.3 Å². The summed E-state index contributed by atoms with van der Waals surface area (Å²) in [7, 11) is -3.61. The van der Waals surface area contributed by atoms with E-state index in [0.717, 1.165) is 11.1 Å². The first kappa shape index (κ1) is 16.2. The maximum atomic E-state index is 12.4. The molecule has 6 nitrogen and oxygen atoms in total. The Labute approximate surface area is 140 Å². The van der Waals surface area contributed by atoms with Gasteiger partial charge in [0.1, 0.15) is 0 Å². The highest BCUT2D eigenvalue weighted by atomic mass is 32.2. The van der Waals surface area contributed by atoms with Crippen molar-refractivity contribution in [2.75, 3.05) is 4.72 Å². The number of nitrogens with zero attached hydrogens (tertiary/aromatic N) is 2. The molecule has 0 aliphatic carbocycles. The lowest BCUT2D eigenvalue weighted by molar-refractivity contribution is 0.423. The van der Waals surface area contributed by atoms with Crippen molar-refractivity contribution >= 4 is 15.7 Å². The molecule has 124 valence electrons. The molecule has 1 aromatic heterocycles. The first-order valence-electron chi connectivity index (χ1n) is 7.50. The van der Waals surface area contributed by atoms with Crippen molar-refractivity contribution in [2.24, 2.45) is 0 Å². The van der Waals surface area contributed by atoms with Gasteiger partial charge in [-0.3, -0.25) is 4.72 Å². The Morgan fingerprint density at radius 1 is 1.04 bits per heavy atom. The molecule has 0 aliphatic heterocycles. The summed E-state index contributed by atoms with van der Waals surface area (Å²) in [6.45, 7) is 3.85. The number of aromatic nitrogens is 2. The number of hydrogen-bond acceptors (Lipinski definition) is 5. The second-order valence-electron chi connectivity index (χ2n) is 5.37. The molecule has 0 amide bonds. The summed E-state index contributed by atoms with van der Waals surface area (Å²) in [5.41, 5.74) is 2.21. The number of benzene rings is 2. The fraction of sp³-hybridized carbons (Fsp3) is 0.176. The molecule has 0 saturated carbocycles. The van der Waals surface area contributed by atoms with Crippen molar-refractivity contribution in [3.05, 3.63) is 59.9 Å². The van der Waals surface area contributed by atoms with Gasteiger partial charge in [0.05, 0.1) is 4.90 Å². The molecule has 2 aromatic carbocycles. The number of anilines is 1. The van der Waals surface area contributed by atoms with Crippen molar-refractivity contribution in [3.8, 4) is 11.5 Å². The van der Waals surface area contributed by atoms with E-state index in [1.54, 1.807) is 48.5 Å². The fourth-order valence-electron chi connectivity index (χ4n) is 2.13. The number of rotatable bonds is 5. The molecule has 3 rings (SSSR count). The number of hydrogen-bond donors (Lipinski definition) is 1. The molecule has 0 atom stereocenters. The molecule has 0 fully saturated rings. The molecular formula is C17H17N3O3S. The fourth-order valence-corrected chi connectivity index (χ4v) is 3.19. The van der Waals surface area contributed by atoms with Crippen LogP contribution < -0.4 is 4.72 Å². The van der Waals surface area contributed by atoms with Gasteiger partial charge in [-0.2, -0.15) is 4.98 Å². The highest BCUT2D eigenvalue weighted by Crippen LogP contribution is 2.22. The molecule has 0 spiro atoms. The maximum Gasteiger partial charge on any atom is 0.261 e. The zero-order valence-electron chi connectivity index (χ0n) is 13.4. The maximum absolute atomic E-state index is 12.4. The van der Waals surface area contributed by atoms with Gasteiger partial charge >= 0.3 is 0 Å². The molecule has 1 N–H and O–H groups in total. The van der Waals surface area contributed by atoms with E-state index in [2.05, 4.69) is 14.9 Å². The van der Waals surface area contributed by atoms with E-state index in [4.69, 9.17) is 4.52 Å². The minimum Gasteiger partial charge on any atom is -0.334 e. The molecule has 7 heteroatoms. The predicted octanol–water partition coefficient (Wildman–Crippen LogP) is 3.41. The van der Waals surface area contributed by atoms with Gasteiger partial charge in [-0.15, -0.1) is 0 Å². The van der Waals surface area contributed by atoms with Gasteiger partial charge in [-0.05, 0) is 43.3 Å². The monoisotopic (exact) mass is 343 g/mol. The van der Waals surface area contributed by atoms with Crippen LogP contribution in [0, 0.1) is 6.92 Å². The normalized spacial score (nSPS) is 11.4. The summed E-state index contributed by atoms with van der Waals surface area (Å²) in [5, 5.41) is 3.84. The molecule has 0 unspecified atom stereocenters. The minimum absolute atomic E-state index is 0.224. The molecule has 0 saturated heterocycles. The van der Waals surface area contributed by atoms with E-state index in [0.29, 0.717) is 23.8 Å². The van der Waals surface area contributed by atoms with E-state index in [1.807, 2.05) is 13.8 Å². The average molecular weight is 343 g/mol. The Bertz CT molecular complexity index is 930. The van der Waals surface area contributed by atoms with Gasteiger partial charge in [0.25, 0.3) is 15.9 Å². The number of nitrogens with one attached hydrogen (secondary N) is 1. The second kappa shape index (κ2) is 6.45. The van der Waals surface area contributed by atoms with E-state index in [-0.39, 0.29) is 4.90 Å². The summed E-state index contributed by atoms with van der Waals surface area (Å²) in [6, 6.07) is 13.5. The molecule has 0 aliphatic rings. The highest BCUT2D eigenvalue weighted by Gasteiger charge is 2.14. The van der Waals surface area contributed by atoms with Crippen molar-refractivity contribution in [1.82, 2.24) is 10.1 Å².